The normalized spacial score (nSPS) is 34.7. The molecular weight excluding hydrogens is 190 g/mol. The molecule has 1 saturated heterocycles. The highest BCUT2D eigenvalue weighted by atomic mass is 16.6. The molecule has 1 amide bonds. The first-order valence-electron chi connectivity index (χ1n) is 5.86. The summed E-state index contributed by atoms with van der Waals surface area (Å²) in [6, 6.07) is 0.444. The summed E-state index contributed by atoms with van der Waals surface area (Å²) < 4.78 is 5.40. The van der Waals surface area contributed by atoms with Crippen LogP contribution in [0.5, 0.6) is 0 Å². The second-order valence-electron chi connectivity index (χ2n) is 6.00. The van der Waals surface area contributed by atoms with Gasteiger partial charge in [0.15, 0.2) is 0 Å². The molecule has 2 fully saturated rings. The van der Waals surface area contributed by atoms with Crippen LogP contribution in [0.1, 0.15) is 40.5 Å². The fourth-order valence-electron chi connectivity index (χ4n) is 2.75. The fraction of sp³-hybridized carbons (Fsp3) is 0.917. The van der Waals surface area contributed by atoms with Crippen molar-refractivity contribution in [3.8, 4) is 0 Å². The van der Waals surface area contributed by atoms with Gasteiger partial charge in [0.05, 0.1) is 0 Å². The lowest BCUT2D eigenvalue weighted by molar-refractivity contribution is 0.0167. The Morgan fingerprint density at radius 1 is 1.33 bits per heavy atom. The van der Waals surface area contributed by atoms with E-state index in [2.05, 4.69) is 6.92 Å². The quantitative estimate of drug-likeness (QED) is 0.616. The first-order chi connectivity index (χ1) is 6.87. The molecule has 3 unspecified atom stereocenters. The van der Waals surface area contributed by atoms with Crippen LogP contribution in [0, 0.1) is 11.8 Å². The smallest absolute Gasteiger partial charge is 0.410 e. The number of hydrogen-bond donors (Lipinski definition) is 0. The van der Waals surface area contributed by atoms with Crippen LogP contribution in [0.4, 0.5) is 4.79 Å². The van der Waals surface area contributed by atoms with Gasteiger partial charge < -0.3 is 9.64 Å². The van der Waals surface area contributed by atoms with Gasteiger partial charge in [-0.25, -0.2) is 4.79 Å². The molecule has 3 atom stereocenters. The van der Waals surface area contributed by atoms with Crippen LogP contribution in [0.15, 0.2) is 0 Å². The Labute approximate surface area is 91.8 Å². The van der Waals surface area contributed by atoms with Gasteiger partial charge in [-0.3, -0.25) is 0 Å². The van der Waals surface area contributed by atoms with E-state index in [4.69, 9.17) is 4.74 Å². The van der Waals surface area contributed by atoms with Crippen LogP contribution < -0.4 is 0 Å². The number of carbonyl (C=O) groups is 1. The minimum atomic E-state index is -0.371. The molecule has 0 radical (unpaired) electrons. The largest absolute Gasteiger partial charge is 0.444 e. The van der Waals surface area contributed by atoms with Crippen molar-refractivity contribution in [1.82, 2.24) is 4.90 Å². The van der Waals surface area contributed by atoms with Crippen molar-refractivity contribution < 1.29 is 9.53 Å². The highest BCUT2D eigenvalue weighted by Gasteiger charge is 2.45. The Kier molecular flexibility index (Phi) is 2.44. The zero-order valence-electron chi connectivity index (χ0n) is 10.1. The van der Waals surface area contributed by atoms with E-state index in [9.17, 15) is 4.79 Å². The van der Waals surface area contributed by atoms with Crippen molar-refractivity contribution in [3.63, 3.8) is 0 Å². The summed E-state index contributed by atoms with van der Waals surface area (Å²) >= 11 is 0. The molecule has 2 aliphatic rings. The standard InChI is InChI=1S/C12H21NO2/c1-8-5-10-6-9(8)7-13(10)11(14)15-12(2,3)4/h8-10H,5-7H2,1-4H3. The first-order valence-corrected chi connectivity index (χ1v) is 5.86. The number of hydrogen-bond acceptors (Lipinski definition) is 2. The number of fused-ring (bicyclic) bond motifs is 2. The first kappa shape index (κ1) is 10.8. The lowest BCUT2D eigenvalue weighted by Crippen LogP contribution is -2.42. The minimum Gasteiger partial charge on any atom is -0.444 e. The molecule has 1 saturated carbocycles. The van der Waals surface area contributed by atoms with E-state index in [1.165, 1.54) is 6.42 Å². The maximum absolute atomic E-state index is 11.9. The molecule has 2 bridgehead atoms. The topological polar surface area (TPSA) is 29.5 Å². The Morgan fingerprint density at radius 3 is 2.40 bits per heavy atom. The van der Waals surface area contributed by atoms with Crippen molar-refractivity contribution in [1.29, 1.82) is 0 Å². The van der Waals surface area contributed by atoms with Crippen molar-refractivity contribution in [2.24, 2.45) is 11.8 Å². The average molecular weight is 211 g/mol. The summed E-state index contributed by atoms with van der Waals surface area (Å²) in [5.41, 5.74) is -0.371. The molecule has 1 aliphatic carbocycles. The summed E-state index contributed by atoms with van der Waals surface area (Å²) in [4.78, 5) is 13.8. The summed E-state index contributed by atoms with van der Waals surface area (Å²) in [5, 5.41) is 0. The number of ether oxygens (including phenoxy) is 1. The second-order valence-corrected chi connectivity index (χ2v) is 6.00. The van der Waals surface area contributed by atoms with Crippen LogP contribution in [-0.2, 0) is 4.74 Å². The fourth-order valence-corrected chi connectivity index (χ4v) is 2.75. The molecule has 3 nitrogen and oxygen atoms in total. The molecule has 1 heterocycles. The summed E-state index contributed by atoms with van der Waals surface area (Å²) in [7, 11) is 0. The van der Waals surface area contributed by atoms with Gasteiger partial charge in [-0.15, -0.1) is 0 Å². The van der Waals surface area contributed by atoms with Gasteiger partial charge in [0.1, 0.15) is 5.60 Å². The van der Waals surface area contributed by atoms with Crippen molar-refractivity contribution in [2.75, 3.05) is 6.54 Å². The van der Waals surface area contributed by atoms with Gasteiger partial charge in [-0.1, -0.05) is 6.92 Å². The lowest BCUT2D eigenvalue weighted by Gasteiger charge is -2.32. The average Bonchev–Trinajstić information content (AvgIpc) is 2.58. The Morgan fingerprint density at radius 2 is 2.00 bits per heavy atom. The summed E-state index contributed by atoms with van der Waals surface area (Å²) in [6.45, 7) is 8.95. The molecule has 0 aromatic carbocycles. The van der Waals surface area contributed by atoms with Crippen molar-refractivity contribution >= 4 is 6.09 Å². The molecule has 2 rings (SSSR count). The molecule has 0 spiro atoms. The van der Waals surface area contributed by atoms with E-state index in [0.717, 1.165) is 18.9 Å². The molecule has 1 aliphatic heterocycles. The molecule has 15 heavy (non-hydrogen) atoms. The van der Waals surface area contributed by atoms with Crippen LogP contribution in [0.25, 0.3) is 0 Å². The molecule has 0 N–H and O–H groups in total. The van der Waals surface area contributed by atoms with E-state index < -0.39 is 0 Å². The number of rotatable bonds is 0. The molecule has 0 aromatic heterocycles. The van der Waals surface area contributed by atoms with Gasteiger partial charge in [-0.05, 0) is 45.4 Å². The van der Waals surface area contributed by atoms with Gasteiger partial charge in [0.2, 0.25) is 0 Å². The number of piperidine rings is 1. The van der Waals surface area contributed by atoms with E-state index in [1.807, 2.05) is 25.7 Å². The van der Waals surface area contributed by atoms with Crippen LogP contribution in [0.2, 0.25) is 0 Å². The summed E-state index contributed by atoms with van der Waals surface area (Å²) in [6.07, 6.45) is 2.21. The zero-order chi connectivity index (χ0) is 11.2. The maximum Gasteiger partial charge on any atom is 0.410 e. The van der Waals surface area contributed by atoms with Crippen LogP contribution in [-0.4, -0.2) is 29.2 Å². The van der Waals surface area contributed by atoms with E-state index >= 15 is 0 Å². The maximum atomic E-state index is 11.9. The van der Waals surface area contributed by atoms with Gasteiger partial charge in [0.25, 0.3) is 0 Å². The molecule has 3 heteroatoms. The van der Waals surface area contributed by atoms with Crippen LogP contribution in [0.3, 0.4) is 0 Å². The third-order valence-corrected chi connectivity index (χ3v) is 3.52. The Bertz CT molecular complexity index is 267. The van der Waals surface area contributed by atoms with E-state index in [0.29, 0.717) is 12.0 Å². The predicted molar refractivity (Wildman–Crippen MR) is 58.6 cm³/mol. The number of carbonyl (C=O) groups excluding carboxylic acids is 1. The Balaban J connectivity index is 1.94. The van der Waals surface area contributed by atoms with Gasteiger partial charge >= 0.3 is 6.09 Å². The lowest BCUT2D eigenvalue weighted by atomic mass is 9.97. The molecular formula is C12H21NO2. The highest BCUT2D eigenvalue weighted by Crippen LogP contribution is 2.42. The second kappa shape index (κ2) is 3.39. The van der Waals surface area contributed by atoms with E-state index in [-0.39, 0.29) is 11.7 Å². The highest BCUT2D eigenvalue weighted by molar-refractivity contribution is 5.69. The summed E-state index contributed by atoms with van der Waals surface area (Å²) in [5.74, 6) is 1.50. The zero-order valence-corrected chi connectivity index (χ0v) is 10.1. The SMILES string of the molecule is CC1CC2CC1CN2C(=O)OC(C)(C)C. The molecule has 0 aromatic rings. The minimum absolute atomic E-state index is 0.123. The van der Waals surface area contributed by atoms with Crippen LogP contribution >= 0.6 is 0 Å². The molecule has 86 valence electrons. The number of nitrogens with zero attached hydrogens (tertiary/aromatic N) is 1. The van der Waals surface area contributed by atoms with Crippen molar-refractivity contribution in [3.05, 3.63) is 0 Å². The van der Waals surface area contributed by atoms with Gasteiger partial charge in [0, 0.05) is 12.6 Å². The third-order valence-electron chi connectivity index (χ3n) is 3.52. The van der Waals surface area contributed by atoms with Crippen molar-refractivity contribution in [2.45, 2.75) is 52.2 Å². The predicted octanol–water partition coefficient (Wildman–Crippen LogP) is 2.65. The van der Waals surface area contributed by atoms with Gasteiger partial charge in [-0.2, -0.15) is 0 Å². The third kappa shape index (κ3) is 2.11. The Hall–Kier alpha value is -0.730. The number of likely N-dealkylation sites (tertiary alicyclic amines) is 1. The monoisotopic (exact) mass is 211 g/mol. The number of amides is 1. The van der Waals surface area contributed by atoms with E-state index in [1.54, 1.807) is 0 Å².